The van der Waals surface area contributed by atoms with Crippen LogP contribution in [0.5, 0.6) is 11.5 Å². The van der Waals surface area contributed by atoms with Gasteiger partial charge in [0.25, 0.3) is 5.69 Å². The molecule has 0 spiro atoms. The van der Waals surface area contributed by atoms with Crippen LogP contribution in [0.15, 0.2) is 42.5 Å². The molecule has 0 aliphatic carbocycles. The molecule has 0 saturated carbocycles. The number of benzene rings is 2. The number of nitro groups is 1. The van der Waals surface area contributed by atoms with E-state index in [0.717, 1.165) is 6.07 Å². The summed E-state index contributed by atoms with van der Waals surface area (Å²) in [7, 11) is 0. The molecule has 1 heterocycles. The Morgan fingerprint density at radius 1 is 1.00 bits per heavy atom. The summed E-state index contributed by atoms with van der Waals surface area (Å²) in [5.41, 5.74) is 0.271. The summed E-state index contributed by atoms with van der Waals surface area (Å²) in [4.78, 5) is 34.5. The van der Waals surface area contributed by atoms with Crippen molar-refractivity contribution >= 4 is 17.3 Å². The van der Waals surface area contributed by atoms with Gasteiger partial charge in [0.2, 0.25) is 6.79 Å². The van der Waals surface area contributed by atoms with Gasteiger partial charge in [-0.05, 0) is 18.2 Å². The second-order valence-electron chi connectivity index (χ2n) is 4.90. The molecule has 23 heavy (non-hydrogen) atoms. The zero-order valence-electron chi connectivity index (χ0n) is 11.9. The quantitative estimate of drug-likeness (QED) is 0.364. The predicted molar refractivity (Wildman–Crippen MR) is 78.9 cm³/mol. The van der Waals surface area contributed by atoms with E-state index in [4.69, 9.17) is 9.47 Å². The highest BCUT2D eigenvalue weighted by atomic mass is 16.7. The number of Topliss-reactive ketones (excluding diaryl/α,β-unsaturated/α-hetero) is 2. The summed E-state index contributed by atoms with van der Waals surface area (Å²) in [6, 6.07) is 9.99. The lowest BCUT2D eigenvalue weighted by Gasteiger charge is -2.03. The summed E-state index contributed by atoms with van der Waals surface area (Å²) in [6.45, 7) is 0.0968. The molecule has 7 nitrogen and oxygen atoms in total. The van der Waals surface area contributed by atoms with Gasteiger partial charge in [-0.3, -0.25) is 19.7 Å². The minimum Gasteiger partial charge on any atom is -0.454 e. The van der Waals surface area contributed by atoms with Crippen LogP contribution in [0.3, 0.4) is 0 Å². The van der Waals surface area contributed by atoms with E-state index in [1.165, 1.54) is 24.3 Å². The van der Waals surface area contributed by atoms with E-state index in [2.05, 4.69) is 0 Å². The zero-order chi connectivity index (χ0) is 16.4. The van der Waals surface area contributed by atoms with Gasteiger partial charge in [-0.15, -0.1) is 0 Å². The lowest BCUT2D eigenvalue weighted by molar-refractivity contribution is -0.384. The van der Waals surface area contributed by atoms with Crippen molar-refractivity contribution in [3.05, 3.63) is 63.7 Å². The molecule has 116 valence electrons. The largest absolute Gasteiger partial charge is 0.454 e. The molecule has 0 saturated heterocycles. The maximum Gasteiger partial charge on any atom is 0.270 e. The first-order valence-electron chi connectivity index (χ1n) is 6.75. The molecule has 2 aromatic rings. The third-order valence-corrected chi connectivity index (χ3v) is 3.39. The minimum atomic E-state index is -0.587. The number of carbonyl (C=O) groups excluding carboxylic acids is 2. The van der Waals surface area contributed by atoms with Crippen LogP contribution in [-0.4, -0.2) is 23.3 Å². The molecule has 0 aromatic heterocycles. The Hall–Kier alpha value is -3.22. The standard InChI is InChI=1S/C16H11NO6/c18-13(10-2-1-3-12(6-10)17(20)21)8-14(19)11-4-5-15-16(7-11)23-9-22-15/h1-7H,8-9H2. The number of ether oxygens (including phenoxy) is 2. The van der Waals surface area contributed by atoms with Gasteiger partial charge in [0.1, 0.15) is 0 Å². The molecule has 0 bridgehead atoms. The first-order chi connectivity index (χ1) is 11.0. The van der Waals surface area contributed by atoms with Crippen molar-refractivity contribution in [2.24, 2.45) is 0 Å². The topological polar surface area (TPSA) is 95.7 Å². The molecule has 0 fully saturated rings. The van der Waals surface area contributed by atoms with Crippen molar-refractivity contribution < 1.29 is 24.0 Å². The maximum absolute atomic E-state index is 12.2. The molecule has 7 heteroatoms. The van der Waals surface area contributed by atoms with Gasteiger partial charge in [0.15, 0.2) is 23.1 Å². The van der Waals surface area contributed by atoms with Crippen LogP contribution in [-0.2, 0) is 0 Å². The summed E-state index contributed by atoms with van der Waals surface area (Å²) in [6.07, 6.45) is -0.374. The molecular weight excluding hydrogens is 302 g/mol. The average molecular weight is 313 g/mol. The summed E-state index contributed by atoms with van der Waals surface area (Å²) in [5.74, 6) is 0.140. The van der Waals surface area contributed by atoms with Crippen LogP contribution < -0.4 is 9.47 Å². The van der Waals surface area contributed by atoms with E-state index < -0.39 is 10.7 Å². The molecule has 0 N–H and O–H groups in total. The number of hydrogen-bond acceptors (Lipinski definition) is 6. The fourth-order valence-electron chi connectivity index (χ4n) is 2.21. The highest BCUT2D eigenvalue weighted by Crippen LogP contribution is 2.32. The Morgan fingerprint density at radius 3 is 2.43 bits per heavy atom. The fourth-order valence-corrected chi connectivity index (χ4v) is 2.21. The molecule has 0 unspecified atom stereocenters. The number of carbonyl (C=O) groups is 2. The number of nitrogens with zero attached hydrogens (tertiary/aromatic N) is 1. The smallest absolute Gasteiger partial charge is 0.270 e. The molecule has 2 aromatic carbocycles. The van der Waals surface area contributed by atoms with E-state index in [-0.39, 0.29) is 30.2 Å². The number of hydrogen-bond donors (Lipinski definition) is 0. The molecule has 0 amide bonds. The highest BCUT2D eigenvalue weighted by Gasteiger charge is 2.19. The van der Waals surface area contributed by atoms with Gasteiger partial charge in [-0.1, -0.05) is 12.1 Å². The molecule has 0 atom stereocenters. The number of ketones is 2. The van der Waals surface area contributed by atoms with Crippen molar-refractivity contribution in [3.8, 4) is 11.5 Å². The van der Waals surface area contributed by atoms with Crippen LogP contribution in [0.2, 0.25) is 0 Å². The fraction of sp³-hybridized carbons (Fsp3) is 0.125. The Kier molecular flexibility index (Phi) is 3.76. The van der Waals surface area contributed by atoms with Gasteiger partial charge in [-0.2, -0.15) is 0 Å². The van der Waals surface area contributed by atoms with Gasteiger partial charge < -0.3 is 9.47 Å². The monoisotopic (exact) mass is 313 g/mol. The van der Waals surface area contributed by atoms with Crippen LogP contribution in [0, 0.1) is 10.1 Å². The Bertz CT molecular complexity index is 814. The van der Waals surface area contributed by atoms with Gasteiger partial charge >= 0.3 is 0 Å². The molecule has 3 rings (SSSR count). The summed E-state index contributed by atoms with van der Waals surface area (Å²) < 4.78 is 10.3. The average Bonchev–Trinajstić information content (AvgIpc) is 3.02. The highest BCUT2D eigenvalue weighted by molar-refractivity contribution is 6.13. The Labute approximate surface area is 130 Å². The molecular formula is C16H11NO6. The molecule has 1 aliphatic rings. The van der Waals surface area contributed by atoms with Crippen molar-refractivity contribution in [1.29, 1.82) is 0 Å². The van der Waals surface area contributed by atoms with Gasteiger partial charge in [-0.25, -0.2) is 0 Å². The van der Waals surface area contributed by atoms with E-state index in [9.17, 15) is 19.7 Å². The van der Waals surface area contributed by atoms with E-state index in [1.807, 2.05) is 0 Å². The van der Waals surface area contributed by atoms with Crippen LogP contribution in [0.25, 0.3) is 0 Å². The number of rotatable bonds is 5. The Balaban J connectivity index is 1.76. The third kappa shape index (κ3) is 3.03. The van der Waals surface area contributed by atoms with Crippen LogP contribution >= 0.6 is 0 Å². The lowest BCUT2D eigenvalue weighted by atomic mass is 10.0. The van der Waals surface area contributed by atoms with Crippen molar-refractivity contribution in [2.45, 2.75) is 6.42 Å². The minimum absolute atomic E-state index is 0.0968. The lowest BCUT2D eigenvalue weighted by Crippen LogP contribution is -2.09. The molecule has 1 aliphatic heterocycles. The molecule has 0 radical (unpaired) electrons. The van der Waals surface area contributed by atoms with E-state index in [0.29, 0.717) is 17.1 Å². The van der Waals surface area contributed by atoms with Crippen molar-refractivity contribution in [2.75, 3.05) is 6.79 Å². The first kappa shape index (κ1) is 14.7. The second-order valence-corrected chi connectivity index (χ2v) is 4.90. The second kappa shape index (κ2) is 5.88. The Morgan fingerprint density at radius 2 is 1.70 bits per heavy atom. The SMILES string of the molecule is O=C(CC(=O)c1ccc2c(c1)OCO2)c1cccc([N+](=O)[O-])c1. The van der Waals surface area contributed by atoms with Crippen LogP contribution in [0.1, 0.15) is 27.1 Å². The van der Waals surface area contributed by atoms with Gasteiger partial charge in [0.05, 0.1) is 11.3 Å². The maximum atomic E-state index is 12.2. The summed E-state index contributed by atoms with van der Waals surface area (Å²) in [5, 5.41) is 10.7. The number of fused-ring (bicyclic) bond motifs is 1. The van der Waals surface area contributed by atoms with Crippen LogP contribution in [0.4, 0.5) is 5.69 Å². The predicted octanol–water partition coefficient (Wildman–Crippen LogP) is 2.78. The number of nitro benzene ring substituents is 1. The van der Waals surface area contributed by atoms with Crippen molar-refractivity contribution in [3.63, 3.8) is 0 Å². The van der Waals surface area contributed by atoms with E-state index >= 15 is 0 Å². The zero-order valence-corrected chi connectivity index (χ0v) is 11.9. The third-order valence-electron chi connectivity index (χ3n) is 3.39. The first-order valence-corrected chi connectivity index (χ1v) is 6.75. The van der Waals surface area contributed by atoms with Gasteiger partial charge in [0, 0.05) is 23.3 Å². The summed E-state index contributed by atoms with van der Waals surface area (Å²) >= 11 is 0. The van der Waals surface area contributed by atoms with Crippen molar-refractivity contribution in [1.82, 2.24) is 0 Å². The number of non-ortho nitro benzene ring substituents is 1. The normalized spacial score (nSPS) is 12.0. The van der Waals surface area contributed by atoms with E-state index in [1.54, 1.807) is 12.1 Å².